The van der Waals surface area contributed by atoms with Gasteiger partial charge in [0, 0.05) is 23.2 Å². The minimum Gasteiger partial charge on any atom is -0.481 e. The van der Waals surface area contributed by atoms with Crippen molar-refractivity contribution in [3.63, 3.8) is 0 Å². The molecule has 4 N–H and O–H groups in total. The second-order valence-electron chi connectivity index (χ2n) is 13.7. The Morgan fingerprint density at radius 2 is 0.625 bits per heavy atom. The van der Waals surface area contributed by atoms with Crippen molar-refractivity contribution in [2.24, 2.45) is 21.7 Å². The predicted octanol–water partition coefficient (Wildman–Crippen LogP) is 4.39. The van der Waals surface area contributed by atoms with Gasteiger partial charge in [0.15, 0.2) is 0 Å². The van der Waals surface area contributed by atoms with Crippen molar-refractivity contribution >= 4 is 35.3 Å². The van der Waals surface area contributed by atoms with Crippen molar-refractivity contribution in [2.45, 2.75) is 36.0 Å². The summed E-state index contributed by atoms with van der Waals surface area (Å²) in [6.07, 6.45) is 0. The van der Waals surface area contributed by atoms with Gasteiger partial charge in [-0.15, -0.1) is 0 Å². The molecule has 4 aromatic carbocycles. The summed E-state index contributed by atoms with van der Waals surface area (Å²) in [6.45, 7) is 0. The summed E-state index contributed by atoms with van der Waals surface area (Å²) < 4.78 is 0. The van der Waals surface area contributed by atoms with Crippen molar-refractivity contribution in [3.8, 4) is 0 Å². The minimum absolute atomic E-state index is 0.392. The number of benzene rings is 4. The average molecular weight is 643 g/mol. The van der Waals surface area contributed by atoms with Gasteiger partial charge in [0.2, 0.25) is 0 Å². The first-order valence-electron chi connectivity index (χ1n) is 15.9. The fourth-order valence-electron chi connectivity index (χ4n) is 11.8. The Balaban J connectivity index is 1.52. The first-order valence-corrected chi connectivity index (χ1v) is 15.9. The molecule has 0 aromatic heterocycles. The van der Waals surface area contributed by atoms with E-state index in [1.807, 2.05) is 0 Å². The molecule has 4 saturated heterocycles. The van der Waals surface area contributed by atoms with Crippen LogP contribution in [0.5, 0.6) is 0 Å². The maximum atomic E-state index is 14.4. The molecule has 0 unspecified atom stereocenters. The minimum atomic E-state index is -1.99. The van der Waals surface area contributed by atoms with Crippen LogP contribution in [0.1, 0.15) is 23.0 Å². The number of carbonyl (C=O) groups is 4. The van der Waals surface area contributed by atoms with Gasteiger partial charge >= 0.3 is 23.9 Å². The van der Waals surface area contributed by atoms with E-state index in [9.17, 15) is 39.6 Å². The van der Waals surface area contributed by atoms with Crippen LogP contribution >= 0.6 is 0 Å². The third-order valence-corrected chi connectivity index (χ3v) is 12.5. The number of hydrogen-bond acceptors (Lipinski definition) is 6. The van der Waals surface area contributed by atoms with Gasteiger partial charge in [-0.1, -0.05) is 97.1 Å². The molecule has 0 spiro atoms. The van der Waals surface area contributed by atoms with E-state index in [1.54, 1.807) is 131 Å². The molecule has 4 aliphatic heterocycles. The summed E-state index contributed by atoms with van der Waals surface area (Å²) in [7, 11) is 0. The van der Waals surface area contributed by atoms with Crippen LogP contribution in [0.3, 0.4) is 0 Å². The smallest absolute Gasteiger partial charge is 0.314 e. The molecule has 8 bridgehead atoms. The second-order valence-corrected chi connectivity index (χ2v) is 13.7. The molecule has 10 nitrogen and oxygen atoms in total. The summed E-state index contributed by atoms with van der Waals surface area (Å²) >= 11 is 0. The Morgan fingerprint density at radius 1 is 0.396 bits per heavy atom. The molecule has 240 valence electrons. The van der Waals surface area contributed by atoms with Gasteiger partial charge in [0.1, 0.15) is 21.7 Å². The first-order chi connectivity index (χ1) is 23.2. The van der Waals surface area contributed by atoms with Crippen molar-refractivity contribution in [1.82, 2.24) is 0 Å². The van der Waals surface area contributed by atoms with Crippen molar-refractivity contribution in [3.05, 3.63) is 132 Å². The van der Waals surface area contributed by atoms with Gasteiger partial charge in [0.05, 0.1) is 24.2 Å². The molecule has 2 aliphatic carbocycles. The van der Waals surface area contributed by atoms with Crippen LogP contribution in [-0.2, 0) is 19.2 Å². The normalized spacial score (nSPS) is 37.7. The lowest BCUT2D eigenvalue weighted by atomic mass is 9.15. The molecule has 6 aliphatic rings. The summed E-state index contributed by atoms with van der Waals surface area (Å²) in [5.74, 6) is -7.76. The molecular weight excluding hydrogens is 612 g/mol. The maximum absolute atomic E-state index is 14.4. The number of aliphatic carboxylic acids is 4. The Kier molecular flexibility index (Phi) is 5.38. The Labute approximate surface area is 274 Å². The Morgan fingerprint density at radius 3 is 0.854 bits per heavy atom. The molecule has 48 heavy (non-hydrogen) atoms. The molecule has 0 atom stereocenters. The molecule has 2 saturated carbocycles. The number of hydrogen-bond donors (Lipinski definition) is 4. The van der Waals surface area contributed by atoms with Crippen LogP contribution in [-0.4, -0.2) is 68.5 Å². The zero-order valence-electron chi connectivity index (χ0n) is 25.3. The van der Waals surface area contributed by atoms with E-state index in [0.29, 0.717) is 22.5 Å². The highest BCUT2D eigenvalue weighted by Gasteiger charge is 3.06. The third kappa shape index (κ3) is 2.62. The summed E-state index contributed by atoms with van der Waals surface area (Å²) in [5, 5.41) is 46.8. The highest BCUT2D eigenvalue weighted by Crippen LogP contribution is 2.92. The molecule has 10 heteroatoms. The highest BCUT2D eigenvalue weighted by atomic mass is 16.4. The molecular formula is C38H30N2O8. The van der Waals surface area contributed by atoms with E-state index in [4.69, 9.17) is 0 Å². The fraction of sp³-hybridized carbons (Fsp3) is 0.263. The monoisotopic (exact) mass is 642 g/mol. The summed E-state index contributed by atoms with van der Waals surface area (Å²) in [6, 6.07) is 28.9. The SMILES string of the molecule is O=C(O)C12C(c3ccccc3)C3(C(=O)O)C4N(c5ccccc5)C1C1(C(=O)O)C(c5ccccc5)C4(C(=O)O)C3N(c3ccccc3)C21. The lowest BCUT2D eigenvalue weighted by Gasteiger charge is -2.94. The van der Waals surface area contributed by atoms with Crippen LogP contribution in [0.2, 0.25) is 0 Å². The van der Waals surface area contributed by atoms with Gasteiger partial charge in [0.25, 0.3) is 0 Å². The number of nitrogens with zero attached hydrogens (tertiary/aromatic N) is 2. The van der Waals surface area contributed by atoms with Gasteiger partial charge in [-0.05, 0) is 35.4 Å². The number of rotatable bonds is 8. The van der Waals surface area contributed by atoms with Crippen LogP contribution in [0, 0.1) is 21.7 Å². The average Bonchev–Trinajstić information content (AvgIpc) is 3.07. The van der Waals surface area contributed by atoms with Crippen molar-refractivity contribution in [2.75, 3.05) is 9.80 Å². The quantitative estimate of drug-likeness (QED) is 0.217. The zero-order valence-corrected chi connectivity index (χ0v) is 25.3. The molecule has 4 aromatic rings. The van der Waals surface area contributed by atoms with Crippen LogP contribution < -0.4 is 9.80 Å². The van der Waals surface area contributed by atoms with Crippen LogP contribution in [0.25, 0.3) is 0 Å². The Bertz CT molecular complexity index is 1790. The summed E-state index contributed by atoms with van der Waals surface area (Å²) in [4.78, 5) is 60.7. The van der Waals surface area contributed by atoms with E-state index in [1.165, 1.54) is 0 Å². The van der Waals surface area contributed by atoms with Gasteiger partial charge in [-0.3, -0.25) is 19.2 Å². The topological polar surface area (TPSA) is 156 Å². The lowest BCUT2D eigenvalue weighted by Crippen LogP contribution is -3.10. The number of para-hydroxylation sites is 2. The molecule has 0 radical (unpaired) electrons. The van der Waals surface area contributed by atoms with E-state index in [0.717, 1.165) is 0 Å². The number of carboxylic acids is 4. The van der Waals surface area contributed by atoms with Gasteiger partial charge < -0.3 is 30.2 Å². The Hall–Kier alpha value is -5.64. The highest BCUT2D eigenvalue weighted by molar-refractivity contribution is 6.06. The maximum Gasteiger partial charge on any atom is 0.314 e. The van der Waals surface area contributed by atoms with E-state index in [-0.39, 0.29) is 0 Å². The van der Waals surface area contributed by atoms with Gasteiger partial charge in [-0.2, -0.15) is 0 Å². The van der Waals surface area contributed by atoms with E-state index >= 15 is 0 Å². The molecule has 6 fully saturated rings. The third-order valence-electron chi connectivity index (χ3n) is 12.5. The molecule has 4 heterocycles. The second kappa shape index (κ2) is 9.03. The van der Waals surface area contributed by atoms with Crippen LogP contribution in [0.15, 0.2) is 121 Å². The van der Waals surface area contributed by atoms with Crippen LogP contribution in [0.4, 0.5) is 11.4 Å². The molecule has 10 rings (SSSR count). The predicted molar refractivity (Wildman–Crippen MR) is 172 cm³/mol. The van der Waals surface area contributed by atoms with E-state index in [2.05, 4.69) is 0 Å². The number of piperidine rings is 4. The largest absolute Gasteiger partial charge is 0.481 e. The zero-order chi connectivity index (χ0) is 33.4. The van der Waals surface area contributed by atoms with E-state index < -0.39 is 81.5 Å². The first kappa shape index (κ1) is 28.6. The van der Waals surface area contributed by atoms with Crippen molar-refractivity contribution < 1.29 is 39.6 Å². The number of carboxylic acid groups (broad SMARTS) is 4. The fourth-order valence-corrected chi connectivity index (χ4v) is 11.8. The standard InChI is InChI=1S/C38H30N2O8/c41-31(42)35-25(21-13-5-1-6-14-21)36(32(43)44)28-38(34(47)48)26(22-15-7-2-8-16-22)37(33(45)46,27(35)39(28)23-17-9-3-10-18-23)29(35)40(30(36)38)24-19-11-4-12-20-24/h1-20,25-30H,(H,41,42)(H,43,44)(H,45,46)(H,47,48). The van der Waals surface area contributed by atoms with Crippen molar-refractivity contribution in [1.29, 1.82) is 0 Å². The molecule has 0 amide bonds. The lowest BCUT2D eigenvalue weighted by molar-refractivity contribution is -0.336. The van der Waals surface area contributed by atoms with Gasteiger partial charge in [-0.25, -0.2) is 0 Å². The summed E-state index contributed by atoms with van der Waals surface area (Å²) in [5.41, 5.74) is -6.31. The number of anilines is 2.